The summed E-state index contributed by atoms with van der Waals surface area (Å²) in [5.74, 6) is 0.0804. The number of rotatable bonds is 8. The van der Waals surface area contributed by atoms with Crippen LogP contribution in [0.15, 0.2) is 54.6 Å². The van der Waals surface area contributed by atoms with E-state index in [1.165, 1.54) is 6.08 Å². The van der Waals surface area contributed by atoms with Gasteiger partial charge in [0.2, 0.25) is 0 Å². The normalized spacial score (nSPS) is 11.8. The van der Waals surface area contributed by atoms with Gasteiger partial charge in [-0.2, -0.15) is 0 Å². The fraction of sp³-hybridized carbons (Fsp3) is 0.273. The van der Waals surface area contributed by atoms with Crippen molar-refractivity contribution in [2.45, 2.75) is 26.2 Å². The maximum atomic E-state index is 12.1. The van der Waals surface area contributed by atoms with E-state index in [-0.39, 0.29) is 12.5 Å². The van der Waals surface area contributed by atoms with Gasteiger partial charge in [0.25, 0.3) is 5.91 Å². The standard InChI is InChI=1S/C22H25NO4/c1-4-16(2)19-10-5-6-11-20(19)23-21(24)15-27-22(25)13-12-17-8-7-9-18(14-17)26-3/h5-14,16H,4,15H2,1-3H3,(H,23,24)/b13-12+/t16-/m1/s1. The monoisotopic (exact) mass is 367 g/mol. The zero-order valence-electron chi connectivity index (χ0n) is 15.9. The molecule has 0 saturated carbocycles. The zero-order chi connectivity index (χ0) is 19.6. The minimum absolute atomic E-state index is 0.329. The number of esters is 1. The van der Waals surface area contributed by atoms with Crippen LogP contribution in [0.1, 0.15) is 37.3 Å². The lowest BCUT2D eigenvalue weighted by atomic mass is 9.97. The van der Waals surface area contributed by atoms with Gasteiger partial charge in [0.05, 0.1) is 7.11 Å². The number of para-hydroxylation sites is 1. The van der Waals surface area contributed by atoms with Crippen molar-refractivity contribution in [2.75, 3.05) is 19.0 Å². The number of nitrogens with one attached hydrogen (secondary N) is 1. The molecule has 0 heterocycles. The number of amides is 1. The maximum Gasteiger partial charge on any atom is 0.331 e. The van der Waals surface area contributed by atoms with Crippen molar-refractivity contribution in [3.63, 3.8) is 0 Å². The molecule has 0 fully saturated rings. The van der Waals surface area contributed by atoms with Crippen molar-refractivity contribution in [1.29, 1.82) is 0 Å². The molecule has 0 aromatic heterocycles. The first-order valence-corrected chi connectivity index (χ1v) is 8.91. The number of methoxy groups -OCH3 is 1. The van der Waals surface area contributed by atoms with Crippen molar-refractivity contribution in [1.82, 2.24) is 0 Å². The Morgan fingerprint density at radius 3 is 2.67 bits per heavy atom. The summed E-state index contributed by atoms with van der Waals surface area (Å²) in [5.41, 5.74) is 2.62. The van der Waals surface area contributed by atoms with Crippen LogP contribution in [0.25, 0.3) is 6.08 Å². The highest BCUT2D eigenvalue weighted by Crippen LogP contribution is 2.26. The number of anilines is 1. The van der Waals surface area contributed by atoms with E-state index in [1.807, 2.05) is 42.5 Å². The predicted molar refractivity (Wildman–Crippen MR) is 107 cm³/mol. The van der Waals surface area contributed by atoms with Crippen LogP contribution < -0.4 is 10.1 Å². The lowest BCUT2D eigenvalue weighted by Crippen LogP contribution is -2.21. The van der Waals surface area contributed by atoms with Gasteiger partial charge in [0.1, 0.15) is 5.75 Å². The molecule has 142 valence electrons. The molecular weight excluding hydrogens is 342 g/mol. The van der Waals surface area contributed by atoms with Crippen LogP contribution in [0.4, 0.5) is 5.69 Å². The fourth-order valence-corrected chi connectivity index (χ4v) is 2.54. The molecule has 0 spiro atoms. The highest BCUT2D eigenvalue weighted by molar-refractivity contribution is 5.95. The van der Waals surface area contributed by atoms with Crippen LogP contribution in [-0.4, -0.2) is 25.6 Å². The second-order valence-corrected chi connectivity index (χ2v) is 6.16. The van der Waals surface area contributed by atoms with Gasteiger partial charge in [-0.05, 0) is 47.7 Å². The molecule has 0 radical (unpaired) electrons. The van der Waals surface area contributed by atoms with Crippen LogP contribution >= 0.6 is 0 Å². The quantitative estimate of drug-likeness (QED) is 0.555. The third kappa shape index (κ3) is 6.29. The second kappa shape index (κ2) is 10.2. The van der Waals surface area contributed by atoms with Crippen molar-refractivity contribution in [3.8, 4) is 5.75 Å². The summed E-state index contributed by atoms with van der Waals surface area (Å²) < 4.78 is 10.1. The van der Waals surface area contributed by atoms with E-state index in [9.17, 15) is 9.59 Å². The molecule has 0 bridgehead atoms. The third-order valence-electron chi connectivity index (χ3n) is 4.23. The first-order chi connectivity index (χ1) is 13.0. The summed E-state index contributed by atoms with van der Waals surface area (Å²) in [5, 5.41) is 2.81. The minimum atomic E-state index is -0.580. The highest BCUT2D eigenvalue weighted by atomic mass is 16.5. The minimum Gasteiger partial charge on any atom is -0.497 e. The Bertz CT molecular complexity index is 813. The number of hydrogen-bond donors (Lipinski definition) is 1. The Hall–Kier alpha value is -3.08. The number of hydrogen-bond acceptors (Lipinski definition) is 4. The summed E-state index contributed by atoms with van der Waals surface area (Å²) >= 11 is 0. The molecule has 1 N–H and O–H groups in total. The van der Waals surface area contributed by atoms with Crippen LogP contribution in [0, 0.1) is 0 Å². The van der Waals surface area contributed by atoms with Gasteiger partial charge in [-0.15, -0.1) is 0 Å². The molecule has 0 aliphatic rings. The summed E-state index contributed by atoms with van der Waals surface area (Å²) in [4.78, 5) is 23.9. The molecule has 2 aromatic carbocycles. The van der Waals surface area contributed by atoms with Gasteiger partial charge in [-0.25, -0.2) is 4.79 Å². The molecular formula is C22H25NO4. The molecule has 0 saturated heterocycles. The van der Waals surface area contributed by atoms with Crippen LogP contribution in [0.2, 0.25) is 0 Å². The van der Waals surface area contributed by atoms with E-state index in [4.69, 9.17) is 9.47 Å². The van der Waals surface area contributed by atoms with Crippen LogP contribution in [0.5, 0.6) is 5.75 Å². The maximum absolute atomic E-state index is 12.1. The third-order valence-corrected chi connectivity index (χ3v) is 4.23. The number of benzene rings is 2. The first kappa shape index (κ1) is 20.2. The van der Waals surface area contributed by atoms with Crippen LogP contribution in [0.3, 0.4) is 0 Å². The Kier molecular flexibility index (Phi) is 7.62. The van der Waals surface area contributed by atoms with Gasteiger partial charge < -0.3 is 14.8 Å². The van der Waals surface area contributed by atoms with Crippen molar-refractivity contribution >= 4 is 23.6 Å². The summed E-state index contributed by atoms with van der Waals surface area (Å²) in [6, 6.07) is 14.9. The summed E-state index contributed by atoms with van der Waals surface area (Å²) in [7, 11) is 1.58. The molecule has 2 rings (SSSR count). The number of carbonyl (C=O) groups is 2. The molecule has 5 heteroatoms. The first-order valence-electron chi connectivity index (χ1n) is 8.91. The van der Waals surface area contributed by atoms with Gasteiger partial charge in [0.15, 0.2) is 6.61 Å². The lowest BCUT2D eigenvalue weighted by molar-refractivity contribution is -0.142. The highest BCUT2D eigenvalue weighted by Gasteiger charge is 2.12. The molecule has 1 atom stereocenters. The Morgan fingerprint density at radius 1 is 1.15 bits per heavy atom. The van der Waals surface area contributed by atoms with E-state index in [2.05, 4.69) is 19.2 Å². The number of ether oxygens (including phenoxy) is 2. The van der Waals surface area contributed by atoms with Gasteiger partial charge >= 0.3 is 5.97 Å². The SMILES string of the molecule is CC[C@@H](C)c1ccccc1NC(=O)COC(=O)/C=C/c1cccc(OC)c1. The Morgan fingerprint density at radius 2 is 1.93 bits per heavy atom. The second-order valence-electron chi connectivity index (χ2n) is 6.16. The predicted octanol–water partition coefficient (Wildman–Crippen LogP) is 4.40. The largest absolute Gasteiger partial charge is 0.497 e. The molecule has 1 amide bonds. The summed E-state index contributed by atoms with van der Waals surface area (Å²) in [6.07, 6.45) is 3.87. The van der Waals surface area contributed by atoms with Crippen molar-refractivity contribution < 1.29 is 19.1 Å². The zero-order valence-corrected chi connectivity index (χ0v) is 15.9. The van der Waals surface area contributed by atoms with Gasteiger partial charge in [-0.1, -0.05) is 44.2 Å². The van der Waals surface area contributed by atoms with Crippen molar-refractivity contribution in [3.05, 3.63) is 65.7 Å². The van der Waals surface area contributed by atoms with E-state index >= 15 is 0 Å². The molecule has 5 nitrogen and oxygen atoms in total. The van der Waals surface area contributed by atoms with E-state index in [1.54, 1.807) is 19.3 Å². The average molecular weight is 367 g/mol. The summed E-state index contributed by atoms with van der Waals surface area (Å²) in [6.45, 7) is 3.87. The average Bonchev–Trinajstić information content (AvgIpc) is 2.70. The van der Waals surface area contributed by atoms with Crippen LogP contribution in [-0.2, 0) is 14.3 Å². The Labute approximate surface area is 160 Å². The molecule has 0 unspecified atom stereocenters. The van der Waals surface area contributed by atoms with Gasteiger partial charge in [0, 0.05) is 11.8 Å². The lowest BCUT2D eigenvalue weighted by Gasteiger charge is -2.15. The molecule has 0 aliphatic carbocycles. The Balaban J connectivity index is 1.88. The van der Waals surface area contributed by atoms with E-state index < -0.39 is 5.97 Å². The molecule has 27 heavy (non-hydrogen) atoms. The number of carbonyl (C=O) groups excluding carboxylic acids is 2. The van der Waals surface area contributed by atoms with E-state index in [0.717, 1.165) is 23.2 Å². The molecule has 0 aliphatic heterocycles. The smallest absolute Gasteiger partial charge is 0.331 e. The van der Waals surface area contributed by atoms with Crippen molar-refractivity contribution in [2.24, 2.45) is 0 Å². The topological polar surface area (TPSA) is 64.6 Å². The fourth-order valence-electron chi connectivity index (χ4n) is 2.54. The van der Waals surface area contributed by atoms with Gasteiger partial charge in [-0.3, -0.25) is 4.79 Å². The van der Waals surface area contributed by atoms with E-state index in [0.29, 0.717) is 11.7 Å². The molecule has 2 aromatic rings.